The maximum absolute atomic E-state index is 14.7. The Labute approximate surface area is 196 Å². The smallest absolute Gasteiger partial charge is 0.335 e. The summed E-state index contributed by atoms with van der Waals surface area (Å²) in [7, 11) is 0. The molecule has 5 rings (SSSR count). The molecule has 2 heterocycles. The number of anilines is 2. The first-order valence-corrected chi connectivity index (χ1v) is 10.5. The van der Waals surface area contributed by atoms with Gasteiger partial charge in [-0.1, -0.05) is 23.7 Å². The van der Waals surface area contributed by atoms with Crippen molar-refractivity contribution >= 4 is 41.1 Å². The van der Waals surface area contributed by atoms with Gasteiger partial charge in [0.15, 0.2) is 0 Å². The third-order valence-corrected chi connectivity index (χ3v) is 5.53. The van der Waals surface area contributed by atoms with Gasteiger partial charge in [0.05, 0.1) is 22.2 Å². The van der Waals surface area contributed by atoms with E-state index >= 15 is 0 Å². The van der Waals surface area contributed by atoms with E-state index in [0.717, 1.165) is 0 Å². The van der Waals surface area contributed by atoms with Crippen molar-refractivity contribution in [1.29, 1.82) is 0 Å². The van der Waals surface area contributed by atoms with Crippen LogP contribution in [0.25, 0.3) is 11.9 Å². The Morgan fingerprint density at radius 2 is 1.74 bits per heavy atom. The Balaban J connectivity index is 1.74. The molecule has 0 aliphatic carbocycles. The van der Waals surface area contributed by atoms with Gasteiger partial charge in [-0.3, -0.25) is 0 Å². The van der Waals surface area contributed by atoms with Crippen LogP contribution in [0.4, 0.5) is 20.4 Å². The number of nitrogens with zero attached hydrogens (tertiary/aromatic N) is 2. The van der Waals surface area contributed by atoms with Gasteiger partial charge in [0, 0.05) is 38.8 Å². The number of carboxylic acid groups (broad SMARTS) is 1. The molecule has 0 unspecified atom stereocenters. The molecular formula is C25H15ClF2N4O2. The number of rotatable bonds is 4. The Kier molecular flexibility index (Phi) is 5.43. The fourth-order valence-corrected chi connectivity index (χ4v) is 3.87. The maximum Gasteiger partial charge on any atom is 0.335 e. The lowest BCUT2D eigenvalue weighted by Gasteiger charge is -2.10. The molecule has 0 fully saturated rings. The largest absolute Gasteiger partial charge is 0.478 e. The zero-order valence-corrected chi connectivity index (χ0v) is 18.1. The topological polar surface area (TPSA) is 87.1 Å². The van der Waals surface area contributed by atoms with Crippen molar-refractivity contribution in [2.24, 2.45) is 0 Å². The third kappa shape index (κ3) is 3.95. The van der Waals surface area contributed by atoms with Crippen LogP contribution in [0.2, 0.25) is 5.02 Å². The highest BCUT2D eigenvalue weighted by molar-refractivity contribution is 6.30. The van der Waals surface area contributed by atoms with Crippen molar-refractivity contribution in [1.82, 2.24) is 15.3 Å². The zero-order chi connectivity index (χ0) is 23.8. The van der Waals surface area contributed by atoms with Crippen molar-refractivity contribution in [3.05, 3.63) is 116 Å². The molecule has 3 N–H and O–H groups in total. The number of hydrogen-bond acceptors (Lipinski definition) is 5. The van der Waals surface area contributed by atoms with Gasteiger partial charge in [-0.15, -0.1) is 0 Å². The third-order valence-electron chi connectivity index (χ3n) is 5.30. The number of benzene rings is 3. The number of fused-ring (bicyclic) bond motifs is 2. The lowest BCUT2D eigenvalue weighted by atomic mass is 10.1. The molecule has 0 bridgehead atoms. The SMILES string of the molecule is O=C(O)c1ccc(Nc2ncc3c(n2)=c2ccc(Cl)cc2=C(c2c(F)cccc2F)NC=3)cc1. The second kappa shape index (κ2) is 8.57. The highest BCUT2D eigenvalue weighted by Gasteiger charge is 2.16. The van der Waals surface area contributed by atoms with Crippen molar-refractivity contribution in [3.8, 4) is 0 Å². The molecule has 9 heteroatoms. The fourth-order valence-electron chi connectivity index (χ4n) is 3.70. The predicted octanol–water partition coefficient (Wildman–Crippen LogP) is 3.63. The number of halogens is 3. The molecule has 3 aromatic carbocycles. The summed E-state index contributed by atoms with van der Waals surface area (Å²) in [5.41, 5.74) is 0.755. The summed E-state index contributed by atoms with van der Waals surface area (Å²) in [4.78, 5) is 20.0. The van der Waals surface area contributed by atoms with Gasteiger partial charge in [0.25, 0.3) is 0 Å². The summed E-state index contributed by atoms with van der Waals surface area (Å²) in [5.74, 6) is -2.20. The van der Waals surface area contributed by atoms with E-state index < -0.39 is 17.6 Å². The predicted molar refractivity (Wildman–Crippen MR) is 124 cm³/mol. The minimum Gasteiger partial charge on any atom is -0.478 e. The van der Waals surface area contributed by atoms with Gasteiger partial charge in [-0.05, 0) is 48.5 Å². The Bertz CT molecular complexity index is 1650. The molecule has 0 saturated heterocycles. The lowest BCUT2D eigenvalue weighted by molar-refractivity contribution is 0.0697. The zero-order valence-electron chi connectivity index (χ0n) is 17.3. The summed E-state index contributed by atoms with van der Waals surface area (Å²) >= 11 is 6.24. The number of carboxylic acids is 1. The number of hydrogen-bond donors (Lipinski definition) is 3. The van der Waals surface area contributed by atoms with E-state index in [4.69, 9.17) is 16.7 Å². The minimum absolute atomic E-state index is 0.156. The van der Waals surface area contributed by atoms with Gasteiger partial charge in [-0.2, -0.15) is 0 Å². The van der Waals surface area contributed by atoms with Gasteiger partial charge < -0.3 is 15.7 Å². The molecule has 168 valence electrons. The van der Waals surface area contributed by atoms with E-state index in [1.807, 2.05) is 0 Å². The second-order valence-corrected chi connectivity index (χ2v) is 7.89. The molecule has 1 aliphatic rings. The summed E-state index contributed by atoms with van der Waals surface area (Å²) < 4.78 is 29.3. The molecule has 6 nitrogen and oxygen atoms in total. The quantitative estimate of drug-likeness (QED) is 0.417. The van der Waals surface area contributed by atoms with Crippen molar-refractivity contribution in [3.63, 3.8) is 0 Å². The van der Waals surface area contributed by atoms with Gasteiger partial charge >= 0.3 is 5.97 Å². The molecule has 0 radical (unpaired) electrons. The molecule has 1 aromatic heterocycles. The number of aromatic carboxylic acids is 1. The highest BCUT2D eigenvalue weighted by Crippen LogP contribution is 2.19. The van der Waals surface area contributed by atoms with Crippen LogP contribution in [0.3, 0.4) is 0 Å². The summed E-state index contributed by atoms with van der Waals surface area (Å²) in [6, 6.07) is 14.8. The summed E-state index contributed by atoms with van der Waals surface area (Å²) in [5, 5.41) is 17.7. The number of aromatic nitrogens is 2. The molecule has 34 heavy (non-hydrogen) atoms. The molecule has 0 saturated carbocycles. The van der Waals surface area contributed by atoms with E-state index in [1.165, 1.54) is 30.3 Å². The van der Waals surface area contributed by atoms with E-state index in [1.54, 1.807) is 42.7 Å². The monoisotopic (exact) mass is 476 g/mol. The van der Waals surface area contributed by atoms with Crippen LogP contribution in [-0.2, 0) is 0 Å². The van der Waals surface area contributed by atoms with Crippen LogP contribution in [0.5, 0.6) is 0 Å². The standard InChI is InChI=1S/C25H15ClF2N4O2/c26-15-6-9-17-18(10-15)23(21-19(27)2-1-3-20(21)28)29-11-14-12-30-25(32-22(14)17)31-16-7-4-13(5-8-16)24(33)34/h1-12,29H,(H,31,32)(H,33,34). The van der Waals surface area contributed by atoms with Crippen LogP contribution in [0, 0.1) is 22.2 Å². The Morgan fingerprint density at radius 3 is 2.44 bits per heavy atom. The molecular weight excluding hydrogens is 462 g/mol. The van der Waals surface area contributed by atoms with Crippen molar-refractivity contribution < 1.29 is 18.7 Å². The van der Waals surface area contributed by atoms with Gasteiger partial charge in [0.2, 0.25) is 5.95 Å². The summed E-state index contributed by atoms with van der Waals surface area (Å²) in [6.45, 7) is 0. The first-order valence-electron chi connectivity index (χ1n) is 10.1. The van der Waals surface area contributed by atoms with Gasteiger partial charge in [0.1, 0.15) is 11.6 Å². The lowest BCUT2D eigenvalue weighted by Crippen LogP contribution is -2.20. The van der Waals surface area contributed by atoms with E-state index in [9.17, 15) is 13.6 Å². The number of carbonyl (C=O) groups is 1. The van der Waals surface area contributed by atoms with Crippen LogP contribution in [0.15, 0.2) is 66.9 Å². The van der Waals surface area contributed by atoms with Gasteiger partial charge in [-0.25, -0.2) is 23.5 Å². The van der Waals surface area contributed by atoms with Crippen molar-refractivity contribution in [2.75, 3.05) is 5.32 Å². The first-order chi connectivity index (χ1) is 16.4. The first kappa shape index (κ1) is 21.5. The van der Waals surface area contributed by atoms with Crippen LogP contribution >= 0.6 is 11.6 Å². The normalized spacial score (nSPS) is 12.0. The highest BCUT2D eigenvalue weighted by atomic mass is 35.5. The van der Waals surface area contributed by atoms with Crippen molar-refractivity contribution in [2.45, 2.75) is 0 Å². The van der Waals surface area contributed by atoms with E-state index in [2.05, 4.69) is 20.6 Å². The average molecular weight is 477 g/mol. The fraction of sp³-hybridized carbons (Fsp3) is 0. The Morgan fingerprint density at radius 1 is 1.00 bits per heavy atom. The Hall–Kier alpha value is -4.30. The molecule has 0 amide bonds. The molecule has 0 atom stereocenters. The molecule has 1 aliphatic heterocycles. The van der Waals surface area contributed by atoms with Crippen LogP contribution < -0.4 is 21.1 Å². The minimum atomic E-state index is -1.02. The van der Waals surface area contributed by atoms with Crippen LogP contribution in [-0.4, -0.2) is 21.0 Å². The van der Waals surface area contributed by atoms with E-state index in [-0.39, 0.29) is 22.8 Å². The molecule has 0 spiro atoms. The average Bonchev–Trinajstić information content (AvgIpc) is 2.96. The second-order valence-electron chi connectivity index (χ2n) is 7.46. The molecule has 4 aromatic rings. The summed E-state index contributed by atoms with van der Waals surface area (Å²) in [6.07, 6.45) is 3.15. The maximum atomic E-state index is 14.7. The van der Waals surface area contributed by atoms with Crippen LogP contribution in [0.1, 0.15) is 15.9 Å². The number of nitrogens with one attached hydrogen (secondary N) is 2. The van der Waals surface area contributed by atoms with E-state index in [0.29, 0.717) is 31.7 Å².